The van der Waals surface area contributed by atoms with E-state index in [1.54, 1.807) is 23.9 Å². The summed E-state index contributed by atoms with van der Waals surface area (Å²) in [5.41, 5.74) is 0.0250. The van der Waals surface area contributed by atoms with Gasteiger partial charge >= 0.3 is 6.18 Å². The van der Waals surface area contributed by atoms with Crippen LogP contribution in [0, 0.1) is 6.92 Å². The zero-order valence-electron chi connectivity index (χ0n) is 8.49. The monoisotopic (exact) mass is 226 g/mol. The van der Waals surface area contributed by atoms with Gasteiger partial charge in [0.25, 0.3) is 0 Å². The van der Waals surface area contributed by atoms with Crippen LogP contribution in [-0.4, -0.2) is 9.55 Å². The number of halogens is 3. The first kappa shape index (κ1) is 10.7. The van der Waals surface area contributed by atoms with Crippen molar-refractivity contribution in [3.05, 3.63) is 48.0 Å². The van der Waals surface area contributed by atoms with Crippen molar-refractivity contribution in [2.75, 3.05) is 0 Å². The van der Waals surface area contributed by atoms with E-state index < -0.39 is 11.7 Å². The summed E-state index contributed by atoms with van der Waals surface area (Å²) in [7, 11) is 0. The van der Waals surface area contributed by atoms with Crippen LogP contribution in [0.5, 0.6) is 0 Å². The molecule has 0 aliphatic rings. The van der Waals surface area contributed by atoms with E-state index in [-0.39, 0.29) is 0 Å². The van der Waals surface area contributed by atoms with Crippen LogP contribution in [-0.2, 0) is 6.18 Å². The third kappa shape index (κ3) is 1.93. The molecule has 0 saturated carbocycles. The summed E-state index contributed by atoms with van der Waals surface area (Å²) >= 11 is 0. The van der Waals surface area contributed by atoms with E-state index in [0.29, 0.717) is 5.69 Å². The van der Waals surface area contributed by atoms with Crippen molar-refractivity contribution in [3.63, 3.8) is 0 Å². The van der Waals surface area contributed by atoms with Gasteiger partial charge in [0.2, 0.25) is 0 Å². The van der Waals surface area contributed by atoms with Gasteiger partial charge in [0.15, 0.2) is 0 Å². The lowest BCUT2D eigenvalue weighted by Crippen LogP contribution is -2.05. The SMILES string of the molecule is Cc1nccn1-c1ccc(C(F)(F)F)cc1. The number of alkyl halides is 3. The van der Waals surface area contributed by atoms with Gasteiger partial charge in [0.1, 0.15) is 5.82 Å². The fraction of sp³-hybridized carbons (Fsp3) is 0.182. The molecule has 0 spiro atoms. The lowest BCUT2D eigenvalue weighted by molar-refractivity contribution is -0.137. The summed E-state index contributed by atoms with van der Waals surface area (Å²) < 4.78 is 38.7. The fourth-order valence-corrected chi connectivity index (χ4v) is 1.46. The third-order valence-corrected chi connectivity index (χ3v) is 2.30. The van der Waals surface area contributed by atoms with Gasteiger partial charge in [-0.15, -0.1) is 0 Å². The van der Waals surface area contributed by atoms with Crippen LogP contribution in [0.25, 0.3) is 5.69 Å². The Balaban J connectivity index is 2.37. The molecule has 84 valence electrons. The first-order chi connectivity index (χ1) is 7.48. The quantitative estimate of drug-likeness (QED) is 0.730. The number of hydrogen-bond acceptors (Lipinski definition) is 1. The highest BCUT2D eigenvalue weighted by molar-refractivity contribution is 5.36. The highest BCUT2D eigenvalue weighted by Gasteiger charge is 2.29. The second-order valence-electron chi connectivity index (χ2n) is 3.39. The largest absolute Gasteiger partial charge is 0.416 e. The summed E-state index contributed by atoms with van der Waals surface area (Å²) in [6.45, 7) is 1.79. The Morgan fingerprint density at radius 3 is 2.19 bits per heavy atom. The molecule has 0 aliphatic carbocycles. The number of nitrogens with zero attached hydrogens (tertiary/aromatic N) is 2. The molecular weight excluding hydrogens is 217 g/mol. The van der Waals surface area contributed by atoms with Crippen LogP contribution in [0.4, 0.5) is 13.2 Å². The second kappa shape index (κ2) is 3.66. The smallest absolute Gasteiger partial charge is 0.304 e. The second-order valence-corrected chi connectivity index (χ2v) is 3.39. The van der Waals surface area contributed by atoms with Crippen LogP contribution in [0.3, 0.4) is 0 Å². The van der Waals surface area contributed by atoms with Crippen molar-refractivity contribution < 1.29 is 13.2 Å². The molecule has 0 amide bonds. The van der Waals surface area contributed by atoms with Gasteiger partial charge < -0.3 is 4.57 Å². The van der Waals surface area contributed by atoms with Gasteiger partial charge in [0.05, 0.1) is 5.56 Å². The molecule has 0 unspecified atom stereocenters. The highest BCUT2D eigenvalue weighted by Crippen LogP contribution is 2.29. The average Bonchev–Trinajstić information content (AvgIpc) is 2.63. The van der Waals surface area contributed by atoms with Crippen LogP contribution >= 0.6 is 0 Å². The van der Waals surface area contributed by atoms with Gasteiger partial charge in [-0.1, -0.05) is 0 Å². The van der Waals surface area contributed by atoms with E-state index in [2.05, 4.69) is 4.98 Å². The van der Waals surface area contributed by atoms with Crippen molar-refractivity contribution in [1.29, 1.82) is 0 Å². The number of benzene rings is 1. The first-order valence-electron chi connectivity index (χ1n) is 4.66. The Labute approximate surface area is 90.4 Å². The lowest BCUT2D eigenvalue weighted by atomic mass is 10.2. The molecule has 0 fully saturated rings. The third-order valence-electron chi connectivity index (χ3n) is 2.30. The molecule has 1 aromatic carbocycles. The minimum absolute atomic E-state index is 0.644. The Morgan fingerprint density at radius 2 is 1.75 bits per heavy atom. The normalized spacial score (nSPS) is 11.8. The summed E-state index contributed by atoms with van der Waals surface area (Å²) in [5, 5.41) is 0. The molecule has 0 saturated heterocycles. The Bertz CT molecular complexity index is 483. The van der Waals surface area contributed by atoms with Crippen LogP contribution in [0.2, 0.25) is 0 Å². The molecule has 0 atom stereocenters. The van der Waals surface area contributed by atoms with Gasteiger partial charge in [-0.05, 0) is 31.2 Å². The van der Waals surface area contributed by atoms with E-state index in [1.165, 1.54) is 12.1 Å². The molecule has 1 aromatic heterocycles. The van der Waals surface area contributed by atoms with Crippen LogP contribution in [0.1, 0.15) is 11.4 Å². The highest BCUT2D eigenvalue weighted by atomic mass is 19.4. The lowest BCUT2D eigenvalue weighted by Gasteiger charge is -2.08. The first-order valence-corrected chi connectivity index (χ1v) is 4.66. The fourth-order valence-electron chi connectivity index (χ4n) is 1.46. The molecule has 16 heavy (non-hydrogen) atoms. The molecule has 5 heteroatoms. The number of hydrogen-bond donors (Lipinski definition) is 0. The topological polar surface area (TPSA) is 17.8 Å². The van der Waals surface area contributed by atoms with Gasteiger partial charge in [-0.3, -0.25) is 0 Å². The van der Waals surface area contributed by atoms with Crippen LogP contribution < -0.4 is 0 Å². The minimum Gasteiger partial charge on any atom is -0.304 e. The van der Waals surface area contributed by atoms with E-state index in [9.17, 15) is 13.2 Å². The predicted octanol–water partition coefficient (Wildman–Crippen LogP) is 3.20. The van der Waals surface area contributed by atoms with Crippen molar-refractivity contribution in [3.8, 4) is 5.69 Å². The van der Waals surface area contributed by atoms with Gasteiger partial charge in [-0.25, -0.2) is 4.98 Å². The number of aryl methyl sites for hydroxylation is 1. The van der Waals surface area contributed by atoms with Gasteiger partial charge in [-0.2, -0.15) is 13.2 Å². The van der Waals surface area contributed by atoms with Crippen molar-refractivity contribution in [1.82, 2.24) is 9.55 Å². The van der Waals surface area contributed by atoms with E-state index in [4.69, 9.17) is 0 Å². The molecule has 2 nitrogen and oxygen atoms in total. The molecule has 2 rings (SSSR count). The maximum atomic E-state index is 12.3. The number of aromatic nitrogens is 2. The van der Waals surface area contributed by atoms with E-state index >= 15 is 0 Å². The zero-order valence-corrected chi connectivity index (χ0v) is 8.49. The molecule has 0 aliphatic heterocycles. The summed E-state index contributed by atoms with van der Waals surface area (Å²) in [6, 6.07) is 4.98. The van der Waals surface area contributed by atoms with Crippen molar-refractivity contribution in [2.45, 2.75) is 13.1 Å². The predicted molar refractivity (Wildman–Crippen MR) is 53.3 cm³/mol. The van der Waals surface area contributed by atoms with Gasteiger partial charge in [0, 0.05) is 18.1 Å². The maximum Gasteiger partial charge on any atom is 0.416 e. The molecule has 0 radical (unpaired) electrons. The standard InChI is InChI=1S/C11H9F3N2/c1-8-15-6-7-16(8)10-4-2-9(3-5-10)11(12,13)14/h2-7H,1H3. The molecule has 0 bridgehead atoms. The average molecular weight is 226 g/mol. The summed E-state index contributed by atoms with van der Waals surface area (Å²) in [6.07, 6.45) is -0.979. The molecule has 0 N–H and O–H groups in total. The number of imidazole rings is 1. The zero-order chi connectivity index (χ0) is 11.8. The minimum atomic E-state index is -4.29. The Morgan fingerprint density at radius 1 is 1.12 bits per heavy atom. The van der Waals surface area contributed by atoms with E-state index in [0.717, 1.165) is 18.0 Å². The maximum absolute atomic E-state index is 12.3. The number of rotatable bonds is 1. The summed E-state index contributed by atoms with van der Waals surface area (Å²) in [5.74, 6) is 0.736. The molecule has 1 heterocycles. The summed E-state index contributed by atoms with van der Waals surface area (Å²) in [4.78, 5) is 4.00. The Kier molecular flexibility index (Phi) is 2.46. The van der Waals surface area contributed by atoms with Crippen molar-refractivity contribution >= 4 is 0 Å². The van der Waals surface area contributed by atoms with E-state index in [1.807, 2.05) is 0 Å². The van der Waals surface area contributed by atoms with Crippen molar-refractivity contribution in [2.24, 2.45) is 0 Å². The Hall–Kier alpha value is -1.78. The molecule has 2 aromatic rings. The molecular formula is C11H9F3N2. The van der Waals surface area contributed by atoms with Crippen LogP contribution in [0.15, 0.2) is 36.7 Å².